The second-order valence-corrected chi connectivity index (χ2v) is 6.80. The molecule has 0 aromatic heterocycles. The number of likely N-dealkylation sites (tertiary alicyclic amines) is 1. The number of carbonyl (C=O) groups is 1. The highest BCUT2D eigenvalue weighted by molar-refractivity contribution is 6.15. The van der Waals surface area contributed by atoms with Gasteiger partial charge < -0.3 is 9.64 Å². The summed E-state index contributed by atoms with van der Waals surface area (Å²) >= 11 is 0. The second kappa shape index (κ2) is 7.74. The van der Waals surface area contributed by atoms with E-state index in [4.69, 9.17) is 9.84 Å². The van der Waals surface area contributed by atoms with E-state index in [0.717, 1.165) is 18.7 Å². The van der Waals surface area contributed by atoms with Crippen LogP contribution in [0.1, 0.15) is 18.9 Å². The number of hydrogen-bond acceptors (Lipinski definition) is 3. The van der Waals surface area contributed by atoms with Crippen molar-refractivity contribution in [3.05, 3.63) is 66.2 Å². The molecule has 4 rings (SSSR count). The van der Waals surface area contributed by atoms with Crippen molar-refractivity contribution in [1.82, 2.24) is 4.90 Å². The summed E-state index contributed by atoms with van der Waals surface area (Å²) in [6, 6.07) is 19.8. The predicted molar refractivity (Wildman–Crippen MR) is 105 cm³/mol. The largest absolute Gasteiger partial charge is 0.484 e. The van der Waals surface area contributed by atoms with E-state index in [2.05, 4.69) is 23.7 Å². The van der Waals surface area contributed by atoms with Crippen molar-refractivity contribution in [2.75, 3.05) is 26.2 Å². The molecular formula is C22H24N3O2+. The first kappa shape index (κ1) is 17.5. The SMILES string of the molecule is CC[N+]1=C(c2ccccc2)C2CN(C(=O)COc3ccccc3)CCC2=N1. The summed E-state index contributed by atoms with van der Waals surface area (Å²) in [5.74, 6) is 0.918. The minimum Gasteiger partial charge on any atom is -0.484 e. The Morgan fingerprint density at radius 3 is 2.56 bits per heavy atom. The van der Waals surface area contributed by atoms with E-state index in [1.807, 2.05) is 53.4 Å². The zero-order valence-electron chi connectivity index (χ0n) is 15.5. The lowest BCUT2D eigenvalue weighted by molar-refractivity contribution is -0.526. The highest BCUT2D eigenvalue weighted by Gasteiger charge is 2.42. The van der Waals surface area contributed by atoms with E-state index in [-0.39, 0.29) is 18.4 Å². The number of amides is 1. The fraction of sp³-hybridized carbons (Fsp3) is 0.318. The molecule has 1 atom stereocenters. The third-order valence-electron chi connectivity index (χ3n) is 5.13. The molecule has 1 amide bonds. The fourth-order valence-corrected chi connectivity index (χ4v) is 3.77. The standard InChI is InChI=1S/C22H24N3O2/c1-2-25-22(17-9-5-3-6-10-17)19-15-24(14-13-20(19)23-25)21(26)16-27-18-11-7-4-8-12-18/h3-12,19H,2,13-16H2,1H3/q+1. The second-order valence-electron chi connectivity index (χ2n) is 6.80. The van der Waals surface area contributed by atoms with Crippen molar-refractivity contribution in [2.45, 2.75) is 13.3 Å². The van der Waals surface area contributed by atoms with E-state index in [9.17, 15) is 4.79 Å². The highest BCUT2D eigenvalue weighted by atomic mass is 16.5. The van der Waals surface area contributed by atoms with Gasteiger partial charge in [0.1, 0.15) is 17.4 Å². The van der Waals surface area contributed by atoms with E-state index in [1.165, 1.54) is 17.0 Å². The molecule has 5 nitrogen and oxygen atoms in total. The van der Waals surface area contributed by atoms with Crippen LogP contribution in [0.4, 0.5) is 0 Å². The van der Waals surface area contributed by atoms with Gasteiger partial charge in [-0.25, -0.2) is 0 Å². The van der Waals surface area contributed by atoms with E-state index in [0.29, 0.717) is 13.1 Å². The van der Waals surface area contributed by atoms with Gasteiger partial charge in [0.25, 0.3) is 5.91 Å². The van der Waals surface area contributed by atoms with Gasteiger partial charge in [0.05, 0.1) is 0 Å². The van der Waals surface area contributed by atoms with Crippen LogP contribution >= 0.6 is 0 Å². The third kappa shape index (κ3) is 3.63. The zero-order valence-corrected chi connectivity index (χ0v) is 15.5. The molecule has 27 heavy (non-hydrogen) atoms. The summed E-state index contributed by atoms with van der Waals surface area (Å²) in [4.78, 5) is 14.6. The summed E-state index contributed by atoms with van der Waals surface area (Å²) in [6.45, 7) is 4.38. The molecule has 2 aromatic rings. The van der Waals surface area contributed by atoms with E-state index < -0.39 is 0 Å². The molecule has 2 aliphatic heterocycles. The van der Waals surface area contributed by atoms with Crippen LogP contribution in [0.2, 0.25) is 0 Å². The lowest BCUT2D eigenvalue weighted by Crippen LogP contribution is -2.47. The molecular weight excluding hydrogens is 338 g/mol. The summed E-state index contributed by atoms with van der Waals surface area (Å²) in [5, 5.41) is 4.82. The molecule has 2 aliphatic rings. The first-order chi connectivity index (χ1) is 13.3. The topological polar surface area (TPSA) is 44.9 Å². The van der Waals surface area contributed by atoms with Crippen molar-refractivity contribution in [3.8, 4) is 5.75 Å². The van der Waals surface area contributed by atoms with E-state index >= 15 is 0 Å². The van der Waals surface area contributed by atoms with Gasteiger partial charge in [0, 0.05) is 25.1 Å². The Balaban J connectivity index is 1.48. The Morgan fingerprint density at radius 2 is 1.85 bits per heavy atom. The molecule has 2 aromatic carbocycles. The molecule has 0 saturated carbocycles. The van der Waals surface area contributed by atoms with Gasteiger partial charge in [-0.15, -0.1) is 0 Å². The predicted octanol–water partition coefficient (Wildman–Crippen LogP) is 2.81. The maximum Gasteiger partial charge on any atom is 0.260 e. The highest BCUT2D eigenvalue weighted by Crippen LogP contribution is 2.25. The number of fused-ring (bicyclic) bond motifs is 1. The van der Waals surface area contributed by atoms with Crippen molar-refractivity contribution < 1.29 is 14.2 Å². The average Bonchev–Trinajstić information content (AvgIpc) is 3.11. The Hall–Kier alpha value is -2.95. The van der Waals surface area contributed by atoms with Crippen LogP contribution in [-0.4, -0.2) is 53.2 Å². The van der Waals surface area contributed by atoms with Gasteiger partial charge in [-0.3, -0.25) is 4.79 Å². The number of piperidine rings is 1. The molecule has 0 spiro atoms. The van der Waals surface area contributed by atoms with Crippen molar-refractivity contribution in [3.63, 3.8) is 0 Å². The zero-order chi connectivity index (χ0) is 18.6. The first-order valence-corrected chi connectivity index (χ1v) is 9.49. The van der Waals surface area contributed by atoms with Gasteiger partial charge in [-0.2, -0.15) is 0 Å². The molecule has 2 heterocycles. The molecule has 1 fully saturated rings. The van der Waals surface area contributed by atoms with Gasteiger partial charge in [-0.1, -0.05) is 41.1 Å². The third-order valence-corrected chi connectivity index (χ3v) is 5.13. The maximum absolute atomic E-state index is 12.7. The maximum atomic E-state index is 12.7. The number of benzene rings is 2. The van der Waals surface area contributed by atoms with Gasteiger partial charge >= 0.3 is 0 Å². The lowest BCUT2D eigenvalue weighted by atomic mass is 9.88. The van der Waals surface area contributed by atoms with Gasteiger partial charge in [0.15, 0.2) is 13.2 Å². The number of hydrogen-bond donors (Lipinski definition) is 0. The van der Waals surface area contributed by atoms with Crippen LogP contribution < -0.4 is 4.74 Å². The molecule has 138 valence electrons. The summed E-state index contributed by atoms with van der Waals surface area (Å²) in [7, 11) is 0. The Kier molecular flexibility index (Phi) is 5.01. The molecule has 0 N–H and O–H groups in total. The number of rotatable bonds is 5. The van der Waals surface area contributed by atoms with Crippen LogP contribution in [0.15, 0.2) is 65.8 Å². The van der Waals surface area contributed by atoms with Crippen molar-refractivity contribution >= 4 is 17.3 Å². The minimum absolute atomic E-state index is 0.0280. The smallest absolute Gasteiger partial charge is 0.260 e. The quantitative estimate of drug-likeness (QED) is 0.768. The summed E-state index contributed by atoms with van der Waals surface area (Å²) in [5.41, 5.74) is 3.57. The van der Waals surface area contributed by atoms with Gasteiger partial charge in [0.2, 0.25) is 5.71 Å². The molecule has 0 aliphatic carbocycles. The molecule has 1 unspecified atom stereocenters. The number of para-hydroxylation sites is 1. The molecule has 0 radical (unpaired) electrons. The Bertz CT molecular complexity index is 875. The van der Waals surface area contributed by atoms with Crippen LogP contribution in [0.3, 0.4) is 0 Å². The number of ether oxygens (including phenoxy) is 1. The summed E-state index contributed by atoms with van der Waals surface area (Å²) in [6.07, 6.45) is 0.814. The fourth-order valence-electron chi connectivity index (χ4n) is 3.77. The molecule has 5 heteroatoms. The van der Waals surface area contributed by atoms with Crippen molar-refractivity contribution in [2.24, 2.45) is 11.0 Å². The Morgan fingerprint density at radius 1 is 1.15 bits per heavy atom. The van der Waals surface area contributed by atoms with Crippen LogP contribution in [0, 0.1) is 5.92 Å². The molecule has 0 bridgehead atoms. The monoisotopic (exact) mass is 362 g/mol. The summed E-state index contributed by atoms with van der Waals surface area (Å²) < 4.78 is 7.73. The average molecular weight is 362 g/mol. The first-order valence-electron chi connectivity index (χ1n) is 9.49. The van der Waals surface area contributed by atoms with E-state index in [1.54, 1.807) is 0 Å². The van der Waals surface area contributed by atoms with Crippen LogP contribution in [0.5, 0.6) is 5.75 Å². The number of carbonyl (C=O) groups excluding carboxylic acids is 1. The molecule has 1 saturated heterocycles. The van der Waals surface area contributed by atoms with Crippen LogP contribution in [-0.2, 0) is 4.79 Å². The minimum atomic E-state index is 0.0280. The Labute approximate surface area is 159 Å². The normalized spacial score (nSPS) is 18.9. The lowest BCUT2D eigenvalue weighted by Gasteiger charge is -2.30. The van der Waals surface area contributed by atoms with Crippen molar-refractivity contribution in [1.29, 1.82) is 0 Å². The van der Waals surface area contributed by atoms with Crippen LogP contribution in [0.25, 0.3) is 0 Å². The van der Waals surface area contributed by atoms with Gasteiger partial charge in [-0.05, 0) is 36.3 Å². The number of hydrazone groups is 1. The number of nitrogens with zero attached hydrogens (tertiary/aromatic N) is 3.